The first-order chi connectivity index (χ1) is 7.81. The molecule has 0 spiro atoms. The molecule has 2 rings (SSSR count). The molecular formula is C11H8BrN3O. The van der Waals surface area contributed by atoms with E-state index in [4.69, 9.17) is 0 Å². The molecule has 0 unspecified atom stereocenters. The van der Waals surface area contributed by atoms with E-state index in [0.717, 1.165) is 5.56 Å². The summed E-state index contributed by atoms with van der Waals surface area (Å²) in [5.41, 5.74) is 1.10. The largest absolute Gasteiger partial charge is 0.242 e. The van der Waals surface area contributed by atoms with Gasteiger partial charge in [-0.2, -0.15) is 5.10 Å². The van der Waals surface area contributed by atoms with Gasteiger partial charge in [-0.15, -0.1) is 4.99 Å². The van der Waals surface area contributed by atoms with E-state index in [1.54, 1.807) is 10.9 Å². The van der Waals surface area contributed by atoms with E-state index in [2.05, 4.69) is 26.0 Å². The summed E-state index contributed by atoms with van der Waals surface area (Å²) >= 11 is 3.28. The van der Waals surface area contributed by atoms with Crippen molar-refractivity contribution in [1.82, 2.24) is 9.78 Å². The highest BCUT2D eigenvalue weighted by Crippen LogP contribution is 2.24. The monoisotopic (exact) mass is 277 g/mol. The number of halogens is 1. The fraction of sp³-hybridized carbons (Fsp3) is 0.0909. The molecule has 0 atom stereocenters. The molecule has 0 radical (unpaired) electrons. The van der Waals surface area contributed by atoms with Gasteiger partial charge in [0, 0.05) is 0 Å². The van der Waals surface area contributed by atoms with Gasteiger partial charge in [-0.05, 0) is 21.5 Å². The molecule has 5 heteroatoms. The molecule has 1 aromatic carbocycles. The molecular weight excluding hydrogens is 270 g/mol. The predicted octanol–water partition coefficient (Wildman–Crippen LogP) is 2.66. The second-order valence-corrected chi connectivity index (χ2v) is 4.02. The lowest BCUT2D eigenvalue weighted by Gasteiger charge is -2.03. The van der Waals surface area contributed by atoms with Gasteiger partial charge < -0.3 is 0 Å². The standard InChI is InChI=1S/C11H8BrN3O/c12-10-6-14-15(11(10)13-8-16)7-9-4-2-1-3-5-9/h1-6H,7H2. The van der Waals surface area contributed by atoms with Crippen LogP contribution in [-0.4, -0.2) is 15.9 Å². The minimum atomic E-state index is 0.485. The van der Waals surface area contributed by atoms with Crippen LogP contribution in [0.15, 0.2) is 46.0 Å². The van der Waals surface area contributed by atoms with E-state index in [-0.39, 0.29) is 0 Å². The second-order valence-electron chi connectivity index (χ2n) is 3.16. The summed E-state index contributed by atoms with van der Waals surface area (Å²) in [6.07, 6.45) is 3.13. The number of aromatic nitrogens is 2. The minimum absolute atomic E-state index is 0.485. The van der Waals surface area contributed by atoms with E-state index < -0.39 is 0 Å². The molecule has 0 aliphatic rings. The first kappa shape index (κ1) is 10.8. The van der Waals surface area contributed by atoms with Crippen molar-refractivity contribution in [2.24, 2.45) is 4.99 Å². The molecule has 0 bridgehead atoms. The summed E-state index contributed by atoms with van der Waals surface area (Å²) in [5, 5.41) is 4.13. The number of rotatable bonds is 3. The molecule has 0 saturated carbocycles. The normalized spacial score (nSPS) is 9.81. The highest BCUT2D eigenvalue weighted by Gasteiger charge is 2.07. The van der Waals surface area contributed by atoms with Crippen molar-refractivity contribution in [2.75, 3.05) is 0 Å². The van der Waals surface area contributed by atoms with Crippen LogP contribution in [0.25, 0.3) is 0 Å². The number of nitrogens with zero attached hydrogens (tertiary/aromatic N) is 3. The Labute approximate surface area is 101 Å². The van der Waals surface area contributed by atoms with Crippen molar-refractivity contribution in [2.45, 2.75) is 6.54 Å². The van der Waals surface area contributed by atoms with E-state index in [0.29, 0.717) is 16.8 Å². The lowest BCUT2D eigenvalue weighted by atomic mass is 10.2. The Morgan fingerprint density at radius 3 is 2.81 bits per heavy atom. The lowest BCUT2D eigenvalue weighted by molar-refractivity contribution is 0.564. The first-order valence-corrected chi connectivity index (χ1v) is 5.43. The molecule has 80 valence electrons. The lowest BCUT2D eigenvalue weighted by Crippen LogP contribution is -2.00. The van der Waals surface area contributed by atoms with Crippen LogP contribution < -0.4 is 0 Å². The molecule has 0 saturated heterocycles. The van der Waals surface area contributed by atoms with Gasteiger partial charge in [-0.25, -0.2) is 9.48 Å². The molecule has 16 heavy (non-hydrogen) atoms. The summed E-state index contributed by atoms with van der Waals surface area (Å²) in [6.45, 7) is 0.576. The molecule has 0 N–H and O–H groups in total. The van der Waals surface area contributed by atoms with Gasteiger partial charge in [0.1, 0.15) is 0 Å². The number of carbonyl (C=O) groups excluding carboxylic acids is 1. The average molecular weight is 278 g/mol. The number of hydrogen-bond acceptors (Lipinski definition) is 3. The van der Waals surface area contributed by atoms with E-state index in [1.807, 2.05) is 30.3 Å². The fourth-order valence-corrected chi connectivity index (χ4v) is 1.77. The van der Waals surface area contributed by atoms with Crippen LogP contribution in [0.1, 0.15) is 5.56 Å². The van der Waals surface area contributed by atoms with Crippen molar-refractivity contribution < 1.29 is 4.79 Å². The topological polar surface area (TPSA) is 47.2 Å². The molecule has 1 aromatic heterocycles. The van der Waals surface area contributed by atoms with Crippen molar-refractivity contribution >= 4 is 27.8 Å². The number of isocyanates is 1. The van der Waals surface area contributed by atoms with Gasteiger partial charge in [0.25, 0.3) is 0 Å². The van der Waals surface area contributed by atoms with E-state index >= 15 is 0 Å². The Morgan fingerprint density at radius 1 is 1.38 bits per heavy atom. The van der Waals surface area contributed by atoms with Crippen molar-refractivity contribution in [3.63, 3.8) is 0 Å². The molecule has 0 amide bonds. The van der Waals surface area contributed by atoms with Crippen LogP contribution in [0, 0.1) is 0 Å². The van der Waals surface area contributed by atoms with Gasteiger partial charge in [0.05, 0.1) is 17.2 Å². The highest BCUT2D eigenvalue weighted by atomic mass is 79.9. The van der Waals surface area contributed by atoms with Crippen molar-refractivity contribution in [3.8, 4) is 0 Å². The quantitative estimate of drug-likeness (QED) is 0.640. The van der Waals surface area contributed by atoms with Crippen LogP contribution >= 0.6 is 15.9 Å². The zero-order chi connectivity index (χ0) is 11.4. The smallest absolute Gasteiger partial charge is 0.242 e. The van der Waals surface area contributed by atoms with Crippen LogP contribution in [-0.2, 0) is 11.3 Å². The van der Waals surface area contributed by atoms with Gasteiger partial charge in [0.2, 0.25) is 6.08 Å². The molecule has 4 nitrogen and oxygen atoms in total. The molecule has 0 aliphatic carbocycles. The van der Waals surface area contributed by atoms with Crippen LogP contribution in [0.5, 0.6) is 0 Å². The molecule has 0 fully saturated rings. The molecule has 1 heterocycles. The fourth-order valence-electron chi connectivity index (χ4n) is 1.38. The maximum atomic E-state index is 10.3. The third-order valence-corrected chi connectivity index (χ3v) is 2.65. The van der Waals surface area contributed by atoms with E-state index in [9.17, 15) is 4.79 Å². The van der Waals surface area contributed by atoms with Gasteiger partial charge in [0.15, 0.2) is 5.82 Å². The highest BCUT2D eigenvalue weighted by molar-refractivity contribution is 9.10. The summed E-state index contributed by atoms with van der Waals surface area (Å²) in [4.78, 5) is 13.9. The maximum absolute atomic E-state index is 10.3. The Hall–Kier alpha value is -1.71. The summed E-state index contributed by atoms with van der Waals surface area (Å²) < 4.78 is 2.33. The maximum Gasteiger partial charge on any atom is 0.242 e. The van der Waals surface area contributed by atoms with Crippen molar-refractivity contribution in [3.05, 3.63) is 46.6 Å². The van der Waals surface area contributed by atoms with Gasteiger partial charge in [-0.3, -0.25) is 0 Å². The van der Waals surface area contributed by atoms with Gasteiger partial charge in [-0.1, -0.05) is 30.3 Å². The molecule has 0 aliphatic heterocycles. The Morgan fingerprint density at radius 2 is 2.12 bits per heavy atom. The third kappa shape index (κ3) is 2.27. The zero-order valence-electron chi connectivity index (χ0n) is 8.30. The number of aliphatic imine (C=N–C) groups is 1. The summed E-state index contributed by atoms with van der Waals surface area (Å²) in [6, 6.07) is 9.84. The van der Waals surface area contributed by atoms with Crippen molar-refractivity contribution in [1.29, 1.82) is 0 Å². The summed E-state index contributed by atoms with van der Waals surface area (Å²) in [5.74, 6) is 0.485. The number of benzene rings is 1. The van der Waals surface area contributed by atoms with Crippen LogP contribution in [0.3, 0.4) is 0 Å². The van der Waals surface area contributed by atoms with Crippen LogP contribution in [0.2, 0.25) is 0 Å². The first-order valence-electron chi connectivity index (χ1n) is 4.64. The Bertz CT molecular complexity index is 529. The van der Waals surface area contributed by atoms with Crippen LogP contribution in [0.4, 0.5) is 5.82 Å². The average Bonchev–Trinajstić information content (AvgIpc) is 2.64. The minimum Gasteiger partial charge on any atom is -0.242 e. The number of hydrogen-bond donors (Lipinski definition) is 0. The predicted molar refractivity (Wildman–Crippen MR) is 63.3 cm³/mol. The summed E-state index contributed by atoms with van der Waals surface area (Å²) in [7, 11) is 0. The second kappa shape index (κ2) is 4.88. The zero-order valence-corrected chi connectivity index (χ0v) is 9.89. The SMILES string of the molecule is O=C=Nc1c(Br)cnn1Cc1ccccc1. The Balaban J connectivity index is 2.32. The van der Waals surface area contributed by atoms with Gasteiger partial charge >= 0.3 is 0 Å². The third-order valence-electron chi connectivity index (χ3n) is 2.10. The van der Waals surface area contributed by atoms with E-state index in [1.165, 1.54) is 6.08 Å². The molecule has 2 aromatic rings. The Kier molecular flexibility index (Phi) is 3.29.